The van der Waals surface area contributed by atoms with Crippen LogP contribution in [0.25, 0.3) is 0 Å². The molecule has 4 atom stereocenters. The van der Waals surface area contributed by atoms with Gasteiger partial charge in [0.2, 0.25) is 0 Å². The molecule has 3 amide bonds. The van der Waals surface area contributed by atoms with E-state index in [0.717, 1.165) is 32.1 Å². The Labute approximate surface area is 128 Å². The molecule has 3 N–H and O–H groups in total. The van der Waals surface area contributed by atoms with E-state index in [1.807, 2.05) is 0 Å². The van der Waals surface area contributed by atoms with Crippen molar-refractivity contribution in [3.05, 3.63) is 0 Å². The second-order valence-corrected chi connectivity index (χ2v) is 7.17. The Morgan fingerprint density at radius 2 is 1.82 bits per heavy atom. The highest BCUT2D eigenvalue weighted by Crippen LogP contribution is 2.61. The van der Waals surface area contributed by atoms with Gasteiger partial charge in [-0.1, -0.05) is 0 Å². The topological polar surface area (TPSA) is 105 Å². The quantitative estimate of drug-likeness (QED) is 0.651. The largest absolute Gasteiger partial charge is 0.455 e. The van der Waals surface area contributed by atoms with E-state index in [2.05, 4.69) is 10.6 Å². The summed E-state index contributed by atoms with van der Waals surface area (Å²) in [7, 11) is 1.39. The van der Waals surface area contributed by atoms with Gasteiger partial charge in [0.05, 0.1) is 11.0 Å². The van der Waals surface area contributed by atoms with Crippen LogP contribution in [-0.4, -0.2) is 42.3 Å². The zero-order valence-corrected chi connectivity index (χ0v) is 12.7. The molecule has 0 aliphatic heterocycles. The van der Waals surface area contributed by atoms with Gasteiger partial charge in [0.1, 0.15) is 0 Å². The zero-order chi connectivity index (χ0) is 16.0. The normalized spacial score (nSPS) is 38.5. The van der Waals surface area contributed by atoms with Gasteiger partial charge in [-0.05, 0) is 50.4 Å². The molecule has 0 aromatic rings. The predicted molar refractivity (Wildman–Crippen MR) is 75.6 cm³/mol. The Hall–Kier alpha value is -1.63. The summed E-state index contributed by atoms with van der Waals surface area (Å²) in [4.78, 5) is 35.0. The summed E-state index contributed by atoms with van der Waals surface area (Å²) in [5.74, 6) is -0.319. The number of carbonyl (C=O) groups is 3. The smallest absolute Gasteiger partial charge is 0.321 e. The number of nitrogens with one attached hydrogen (secondary N) is 2. The second-order valence-electron chi connectivity index (χ2n) is 7.17. The van der Waals surface area contributed by atoms with Crippen molar-refractivity contribution in [2.24, 2.45) is 17.3 Å². The molecule has 4 bridgehead atoms. The van der Waals surface area contributed by atoms with Crippen LogP contribution in [0.5, 0.6) is 0 Å². The van der Waals surface area contributed by atoms with E-state index in [9.17, 15) is 19.5 Å². The van der Waals surface area contributed by atoms with Crippen molar-refractivity contribution in [3.63, 3.8) is 0 Å². The van der Waals surface area contributed by atoms with E-state index in [0.29, 0.717) is 18.3 Å². The summed E-state index contributed by atoms with van der Waals surface area (Å²) in [6, 6.07) is -0.634. The first-order valence-corrected chi connectivity index (χ1v) is 7.75. The molecule has 4 aliphatic rings. The molecule has 4 fully saturated rings. The lowest BCUT2D eigenvalue weighted by Gasteiger charge is -2.58. The van der Waals surface area contributed by atoms with Crippen LogP contribution in [0.1, 0.15) is 38.5 Å². The number of hydrogen-bond donors (Lipinski definition) is 3. The maximum absolute atomic E-state index is 12.5. The standard InChI is InChI=1S/C15H22N2O5/c1-16-13(20)17-11(18)7-22-12(19)14-3-9-2-10(4-14)6-15(21,5-9)8-14/h9-10,21H,2-8H2,1H3,(H2,16,17,18,20)/t9-,10+,14?,15?. The van der Waals surface area contributed by atoms with Gasteiger partial charge < -0.3 is 15.2 Å². The van der Waals surface area contributed by atoms with Crippen molar-refractivity contribution in [1.29, 1.82) is 0 Å². The first-order valence-electron chi connectivity index (χ1n) is 7.75. The summed E-state index contributed by atoms with van der Waals surface area (Å²) >= 11 is 0. The number of hydrogen-bond acceptors (Lipinski definition) is 5. The highest BCUT2D eigenvalue weighted by molar-refractivity contribution is 5.95. The molecule has 0 spiro atoms. The highest BCUT2D eigenvalue weighted by atomic mass is 16.5. The number of carbonyl (C=O) groups excluding carboxylic acids is 3. The number of urea groups is 1. The molecule has 4 rings (SSSR count). The summed E-state index contributed by atoms with van der Waals surface area (Å²) in [6.07, 6.45) is 4.53. The van der Waals surface area contributed by atoms with E-state index in [4.69, 9.17) is 4.74 Å². The van der Waals surface area contributed by atoms with Crippen LogP contribution in [0.4, 0.5) is 4.79 Å². The minimum absolute atomic E-state index is 0.374. The fraction of sp³-hybridized carbons (Fsp3) is 0.800. The van der Waals surface area contributed by atoms with E-state index < -0.39 is 35.5 Å². The molecule has 4 aliphatic carbocycles. The zero-order valence-electron chi connectivity index (χ0n) is 12.7. The van der Waals surface area contributed by atoms with Gasteiger partial charge in [-0.15, -0.1) is 0 Å². The lowest BCUT2D eigenvalue weighted by Crippen LogP contribution is -2.58. The monoisotopic (exact) mass is 310 g/mol. The predicted octanol–water partition coefficient (Wildman–Crippen LogP) is 0.316. The van der Waals surface area contributed by atoms with Gasteiger partial charge in [-0.3, -0.25) is 14.9 Å². The third-order valence-corrected chi connectivity index (χ3v) is 5.28. The molecule has 0 aromatic carbocycles. The molecular formula is C15H22N2O5. The van der Waals surface area contributed by atoms with Gasteiger partial charge >= 0.3 is 12.0 Å². The van der Waals surface area contributed by atoms with E-state index in [1.54, 1.807) is 0 Å². The number of ether oxygens (including phenoxy) is 1. The molecule has 7 nitrogen and oxygen atoms in total. The Balaban J connectivity index is 1.60. The average Bonchev–Trinajstić information content (AvgIpc) is 2.41. The van der Waals surface area contributed by atoms with E-state index in [-0.39, 0.29) is 0 Å². The Morgan fingerprint density at radius 1 is 1.18 bits per heavy atom. The van der Waals surface area contributed by atoms with Gasteiger partial charge in [0, 0.05) is 7.05 Å². The highest BCUT2D eigenvalue weighted by Gasteiger charge is 2.60. The van der Waals surface area contributed by atoms with Crippen LogP contribution in [0.2, 0.25) is 0 Å². The molecule has 0 aromatic heterocycles. The number of imide groups is 1. The molecular weight excluding hydrogens is 288 g/mol. The lowest BCUT2D eigenvalue weighted by molar-refractivity contribution is -0.196. The second kappa shape index (κ2) is 5.22. The van der Waals surface area contributed by atoms with Crippen molar-refractivity contribution in [1.82, 2.24) is 10.6 Å². The third kappa shape index (κ3) is 2.69. The number of amides is 3. The molecule has 22 heavy (non-hydrogen) atoms. The number of rotatable bonds is 3. The fourth-order valence-electron chi connectivity index (χ4n) is 4.96. The molecule has 122 valence electrons. The fourth-order valence-corrected chi connectivity index (χ4v) is 4.96. The van der Waals surface area contributed by atoms with Crippen molar-refractivity contribution < 1.29 is 24.2 Å². The maximum Gasteiger partial charge on any atom is 0.321 e. The van der Waals surface area contributed by atoms with Gasteiger partial charge in [0.15, 0.2) is 6.61 Å². The first kappa shape index (κ1) is 15.3. The summed E-state index contributed by atoms with van der Waals surface area (Å²) in [5.41, 5.74) is -1.39. The Bertz CT molecular complexity index is 504. The first-order chi connectivity index (χ1) is 10.3. The van der Waals surface area contributed by atoms with Crippen molar-refractivity contribution >= 4 is 17.9 Å². The minimum Gasteiger partial charge on any atom is -0.455 e. The average molecular weight is 310 g/mol. The van der Waals surface area contributed by atoms with Crippen molar-refractivity contribution in [3.8, 4) is 0 Å². The molecule has 7 heteroatoms. The van der Waals surface area contributed by atoms with Gasteiger partial charge in [0.25, 0.3) is 5.91 Å². The van der Waals surface area contributed by atoms with Crippen molar-refractivity contribution in [2.75, 3.05) is 13.7 Å². The van der Waals surface area contributed by atoms with Crippen LogP contribution in [-0.2, 0) is 14.3 Å². The van der Waals surface area contributed by atoms with Gasteiger partial charge in [-0.25, -0.2) is 4.79 Å². The lowest BCUT2D eigenvalue weighted by atomic mass is 9.48. The van der Waals surface area contributed by atoms with Crippen LogP contribution in [0, 0.1) is 17.3 Å². The van der Waals surface area contributed by atoms with Crippen LogP contribution in [0.15, 0.2) is 0 Å². The van der Waals surface area contributed by atoms with E-state index in [1.165, 1.54) is 7.05 Å². The molecule has 4 saturated carbocycles. The van der Waals surface area contributed by atoms with Crippen LogP contribution >= 0.6 is 0 Å². The minimum atomic E-state index is -0.743. The number of esters is 1. The van der Waals surface area contributed by atoms with E-state index >= 15 is 0 Å². The SMILES string of the molecule is CNC(=O)NC(=O)COC(=O)C12C[C@@H]3C[C@@H](CC(O)(C3)C1)C2. The Morgan fingerprint density at radius 3 is 2.36 bits per heavy atom. The molecule has 0 radical (unpaired) electrons. The van der Waals surface area contributed by atoms with Crippen LogP contribution < -0.4 is 10.6 Å². The molecule has 2 unspecified atom stereocenters. The van der Waals surface area contributed by atoms with Gasteiger partial charge in [-0.2, -0.15) is 0 Å². The summed E-state index contributed by atoms with van der Waals surface area (Å²) < 4.78 is 5.14. The maximum atomic E-state index is 12.5. The third-order valence-electron chi connectivity index (χ3n) is 5.28. The molecule has 0 saturated heterocycles. The number of aliphatic hydroxyl groups is 1. The Kier molecular flexibility index (Phi) is 3.63. The van der Waals surface area contributed by atoms with Crippen LogP contribution in [0.3, 0.4) is 0 Å². The molecule has 0 heterocycles. The van der Waals surface area contributed by atoms with Crippen molar-refractivity contribution in [2.45, 2.75) is 44.1 Å². The summed E-state index contributed by atoms with van der Waals surface area (Å²) in [5, 5.41) is 14.9. The summed E-state index contributed by atoms with van der Waals surface area (Å²) in [6.45, 7) is -0.470.